The molecule has 1 N–H and O–H groups in total. The number of halogens is 1. The van der Waals surface area contributed by atoms with E-state index in [1.54, 1.807) is 27.8 Å². The molecule has 176 valence electrons. The molecular weight excluding hydrogens is 443 g/mol. The standard InChI is InChI=1S/C28H25FN4O2/c29-23-13-7-10-21(16-23)19-32-14-15-33-26(28(32)35)18-25(31-33)27(34)30-24(22-11-5-2-6-12-22)17-20-8-3-1-4-9-20/h1-13,16,18,24H,14-15,17,19H2,(H,30,34)/t24-/m1/s1. The Bertz CT molecular complexity index is 1340. The number of carbonyl (C=O) groups is 2. The number of hydrogen-bond donors (Lipinski definition) is 1. The fourth-order valence-electron chi connectivity index (χ4n) is 4.38. The van der Waals surface area contributed by atoms with Crippen molar-refractivity contribution in [1.29, 1.82) is 0 Å². The van der Waals surface area contributed by atoms with Crippen molar-refractivity contribution < 1.29 is 14.0 Å². The first-order chi connectivity index (χ1) is 17.1. The maximum absolute atomic E-state index is 13.6. The van der Waals surface area contributed by atoms with Crippen LogP contribution in [0.4, 0.5) is 4.39 Å². The molecule has 0 aliphatic carbocycles. The molecule has 2 heterocycles. The predicted octanol–water partition coefficient (Wildman–Crippen LogP) is 4.39. The zero-order chi connectivity index (χ0) is 24.2. The van der Waals surface area contributed by atoms with Crippen molar-refractivity contribution >= 4 is 11.8 Å². The lowest BCUT2D eigenvalue weighted by Crippen LogP contribution is -2.39. The fraction of sp³-hybridized carbons (Fsp3) is 0.179. The summed E-state index contributed by atoms with van der Waals surface area (Å²) in [5.74, 6) is -0.892. The Kier molecular flexibility index (Phi) is 6.39. The van der Waals surface area contributed by atoms with Crippen molar-refractivity contribution in [2.24, 2.45) is 0 Å². The number of fused-ring (bicyclic) bond motifs is 1. The minimum atomic E-state index is -0.334. The number of hydrogen-bond acceptors (Lipinski definition) is 3. The topological polar surface area (TPSA) is 67.2 Å². The van der Waals surface area contributed by atoms with Gasteiger partial charge >= 0.3 is 0 Å². The van der Waals surface area contributed by atoms with Gasteiger partial charge in [-0.3, -0.25) is 14.3 Å². The summed E-state index contributed by atoms with van der Waals surface area (Å²) in [5.41, 5.74) is 3.38. The molecule has 7 heteroatoms. The van der Waals surface area contributed by atoms with Crippen molar-refractivity contribution in [3.8, 4) is 0 Å². The second kappa shape index (κ2) is 9.93. The van der Waals surface area contributed by atoms with E-state index in [9.17, 15) is 14.0 Å². The van der Waals surface area contributed by atoms with Crippen LogP contribution in [0.25, 0.3) is 0 Å². The Morgan fingerprint density at radius 1 is 0.914 bits per heavy atom. The highest BCUT2D eigenvalue weighted by atomic mass is 19.1. The zero-order valence-electron chi connectivity index (χ0n) is 19.1. The van der Waals surface area contributed by atoms with Crippen LogP contribution >= 0.6 is 0 Å². The summed E-state index contributed by atoms with van der Waals surface area (Å²) in [6, 6.07) is 27.3. The summed E-state index contributed by atoms with van der Waals surface area (Å²) in [4.78, 5) is 27.9. The Hall–Kier alpha value is -4.26. The number of benzene rings is 3. The number of amides is 2. The molecule has 1 aromatic heterocycles. The van der Waals surface area contributed by atoms with Crippen LogP contribution in [-0.2, 0) is 19.5 Å². The molecule has 35 heavy (non-hydrogen) atoms. The van der Waals surface area contributed by atoms with E-state index in [-0.39, 0.29) is 29.4 Å². The van der Waals surface area contributed by atoms with E-state index < -0.39 is 0 Å². The summed E-state index contributed by atoms with van der Waals surface area (Å²) >= 11 is 0. The summed E-state index contributed by atoms with van der Waals surface area (Å²) in [5, 5.41) is 7.51. The molecule has 0 radical (unpaired) electrons. The van der Waals surface area contributed by atoms with Crippen molar-refractivity contribution in [2.45, 2.75) is 25.6 Å². The largest absolute Gasteiger partial charge is 0.344 e. The van der Waals surface area contributed by atoms with Gasteiger partial charge in [-0.05, 0) is 35.2 Å². The van der Waals surface area contributed by atoms with Gasteiger partial charge in [0.15, 0.2) is 5.69 Å². The summed E-state index contributed by atoms with van der Waals surface area (Å²) in [6.45, 7) is 1.21. The van der Waals surface area contributed by atoms with Gasteiger partial charge in [0.05, 0.1) is 12.6 Å². The van der Waals surface area contributed by atoms with E-state index in [4.69, 9.17) is 0 Å². The van der Waals surface area contributed by atoms with Gasteiger partial charge in [-0.15, -0.1) is 0 Å². The molecule has 1 aliphatic rings. The first-order valence-corrected chi connectivity index (χ1v) is 11.6. The van der Waals surface area contributed by atoms with Crippen LogP contribution in [-0.4, -0.2) is 33.0 Å². The molecular formula is C28H25FN4O2. The van der Waals surface area contributed by atoms with Crippen molar-refractivity contribution in [1.82, 2.24) is 20.0 Å². The molecule has 0 saturated carbocycles. The predicted molar refractivity (Wildman–Crippen MR) is 130 cm³/mol. The molecule has 0 bridgehead atoms. The van der Waals surface area contributed by atoms with E-state index >= 15 is 0 Å². The molecule has 1 aliphatic heterocycles. The average molecular weight is 469 g/mol. The lowest BCUT2D eigenvalue weighted by molar-refractivity contribution is 0.0682. The Labute approximate surface area is 203 Å². The van der Waals surface area contributed by atoms with Crippen LogP contribution in [0.15, 0.2) is 91.0 Å². The quantitative estimate of drug-likeness (QED) is 0.437. The minimum absolute atomic E-state index is 0.204. The number of carbonyl (C=O) groups excluding carboxylic acids is 2. The third-order valence-electron chi connectivity index (χ3n) is 6.15. The second-order valence-corrected chi connectivity index (χ2v) is 8.62. The van der Waals surface area contributed by atoms with Gasteiger partial charge in [-0.25, -0.2) is 4.39 Å². The van der Waals surface area contributed by atoms with Crippen LogP contribution in [0.1, 0.15) is 43.7 Å². The Morgan fingerprint density at radius 2 is 1.63 bits per heavy atom. The van der Waals surface area contributed by atoms with Crippen LogP contribution < -0.4 is 5.32 Å². The van der Waals surface area contributed by atoms with Crippen LogP contribution in [0.3, 0.4) is 0 Å². The molecule has 6 nitrogen and oxygen atoms in total. The first kappa shape index (κ1) is 22.5. The van der Waals surface area contributed by atoms with Crippen molar-refractivity contribution in [3.05, 3.63) is 125 Å². The number of nitrogens with zero attached hydrogens (tertiary/aromatic N) is 3. The second-order valence-electron chi connectivity index (χ2n) is 8.62. The molecule has 1 atom stereocenters. The third kappa shape index (κ3) is 5.14. The first-order valence-electron chi connectivity index (χ1n) is 11.6. The smallest absolute Gasteiger partial charge is 0.272 e. The van der Waals surface area contributed by atoms with E-state index in [0.29, 0.717) is 31.7 Å². The van der Waals surface area contributed by atoms with E-state index in [1.807, 2.05) is 60.7 Å². The molecule has 0 spiro atoms. The lowest BCUT2D eigenvalue weighted by Gasteiger charge is -2.27. The lowest BCUT2D eigenvalue weighted by atomic mass is 9.98. The van der Waals surface area contributed by atoms with E-state index in [2.05, 4.69) is 10.4 Å². The van der Waals surface area contributed by atoms with Crippen LogP contribution in [0.5, 0.6) is 0 Å². The van der Waals surface area contributed by atoms with Gasteiger partial charge in [0.2, 0.25) is 0 Å². The van der Waals surface area contributed by atoms with Gasteiger partial charge in [0.1, 0.15) is 11.5 Å². The minimum Gasteiger partial charge on any atom is -0.344 e. The molecule has 0 unspecified atom stereocenters. The van der Waals surface area contributed by atoms with E-state index in [0.717, 1.165) is 16.7 Å². The normalized spacial score (nSPS) is 13.9. The van der Waals surface area contributed by atoms with Crippen LogP contribution in [0.2, 0.25) is 0 Å². The molecule has 2 amide bonds. The SMILES string of the molecule is O=C(N[C@H](Cc1ccccc1)c1ccccc1)c1cc2n(n1)CCN(Cc1cccc(F)c1)C2=O. The molecule has 3 aromatic carbocycles. The summed E-state index contributed by atoms with van der Waals surface area (Å²) in [6.07, 6.45) is 0.629. The van der Waals surface area contributed by atoms with E-state index in [1.165, 1.54) is 12.1 Å². The fourth-order valence-corrected chi connectivity index (χ4v) is 4.38. The average Bonchev–Trinajstić information content (AvgIpc) is 3.32. The highest BCUT2D eigenvalue weighted by Gasteiger charge is 2.28. The van der Waals surface area contributed by atoms with Gasteiger partial charge in [0.25, 0.3) is 11.8 Å². The maximum Gasteiger partial charge on any atom is 0.272 e. The zero-order valence-corrected chi connectivity index (χ0v) is 19.1. The van der Waals surface area contributed by atoms with Gasteiger partial charge in [0, 0.05) is 19.2 Å². The summed E-state index contributed by atoms with van der Waals surface area (Å²) in [7, 11) is 0. The number of nitrogens with one attached hydrogen (secondary N) is 1. The Morgan fingerprint density at radius 3 is 2.37 bits per heavy atom. The van der Waals surface area contributed by atoms with Crippen molar-refractivity contribution in [2.75, 3.05) is 6.54 Å². The third-order valence-corrected chi connectivity index (χ3v) is 6.15. The molecule has 5 rings (SSSR count). The van der Waals surface area contributed by atoms with Gasteiger partial charge < -0.3 is 10.2 Å². The van der Waals surface area contributed by atoms with Gasteiger partial charge in [-0.1, -0.05) is 72.8 Å². The molecule has 4 aromatic rings. The van der Waals surface area contributed by atoms with Crippen LogP contribution in [0, 0.1) is 5.82 Å². The summed E-state index contributed by atoms with van der Waals surface area (Å²) < 4.78 is 15.1. The van der Waals surface area contributed by atoms with Crippen molar-refractivity contribution in [3.63, 3.8) is 0 Å². The maximum atomic E-state index is 13.6. The highest BCUT2D eigenvalue weighted by molar-refractivity contribution is 5.98. The molecule has 0 saturated heterocycles. The molecule has 0 fully saturated rings. The Balaban J connectivity index is 1.33. The highest BCUT2D eigenvalue weighted by Crippen LogP contribution is 2.21. The van der Waals surface area contributed by atoms with Gasteiger partial charge in [-0.2, -0.15) is 5.10 Å². The number of rotatable bonds is 7. The number of aromatic nitrogens is 2. The monoisotopic (exact) mass is 468 g/mol.